The fourth-order valence-electron chi connectivity index (χ4n) is 1.74. The maximum Gasteiger partial charge on any atom is 0.258 e. The molecule has 0 aromatic heterocycles. The molecule has 0 fully saturated rings. The van der Waals surface area contributed by atoms with Gasteiger partial charge in [-0.25, -0.2) is 8.78 Å². The standard InChI is InChI=1S/C13H17F2NO3/c1-7(2)10(3-4-17)16-13(19)12-9(15)5-8(14)6-11(12)18/h5-7,10,17-18H,3-4H2,1-2H3,(H,16,19). The van der Waals surface area contributed by atoms with Gasteiger partial charge in [0.15, 0.2) is 0 Å². The van der Waals surface area contributed by atoms with Gasteiger partial charge in [-0.1, -0.05) is 13.8 Å². The second kappa shape index (κ2) is 6.47. The molecule has 3 N–H and O–H groups in total. The van der Waals surface area contributed by atoms with Gasteiger partial charge in [0.1, 0.15) is 22.9 Å². The lowest BCUT2D eigenvalue weighted by Gasteiger charge is -2.21. The predicted molar refractivity (Wildman–Crippen MR) is 65.8 cm³/mol. The molecule has 0 aliphatic heterocycles. The molecule has 0 aliphatic rings. The van der Waals surface area contributed by atoms with Gasteiger partial charge in [0.2, 0.25) is 0 Å². The molecule has 106 valence electrons. The molecular formula is C13H17F2NO3. The zero-order valence-electron chi connectivity index (χ0n) is 10.8. The first-order chi connectivity index (χ1) is 8.86. The Hall–Kier alpha value is -1.69. The van der Waals surface area contributed by atoms with Crippen LogP contribution in [-0.4, -0.2) is 28.8 Å². The first-order valence-electron chi connectivity index (χ1n) is 5.96. The Balaban J connectivity index is 2.94. The molecule has 0 spiro atoms. The van der Waals surface area contributed by atoms with Gasteiger partial charge < -0.3 is 15.5 Å². The van der Waals surface area contributed by atoms with Gasteiger partial charge >= 0.3 is 0 Å². The average Bonchev–Trinajstić information content (AvgIpc) is 2.26. The van der Waals surface area contributed by atoms with E-state index in [1.165, 1.54) is 0 Å². The Bertz CT molecular complexity index is 440. The summed E-state index contributed by atoms with van der Waals surface area (Å²) in [5.74, 6) is -3.63. The van der Waals surface area contributed by atoms with Gasteiger partial charge in [-0.2, -0.15) is 0 Å². The summed E-state index contributed by atoms with van der Waals surface area (Å²) in [7, 11) is 0. The summed E-state index contributed by atoms with van der Waals surface area (Å²) < 4.78 is 26.3. The van der Waals surface area contributed by atoms with Crippen molar-refractivity contribution in [2.75, 3.05) is 6.61 Å². The van der Waals surface area contributed by atoms with E-state index >= 15 is 0 Å². The number of hydrogen-bond donors (Lipinski definition) is 3. The molecule has 1 unspecified atom stereocenters. The average molecular weight is 273 g/mol. The molecule has 0 saturated carbocycles. The summed E-state index contributed by atoms with van der Waals surface area (Å²) >= 11 is 0. The van der Waals surface area contributed by atoms with Crippen LogP contribution >= 0.6 is 0 Å². The first-order valence-corrected chi connectivity index (χ1v) is 5.96. The minimum Gasteiger partial charge on any atom is -0.507 e. The van der Waals surface area contributed by atoms with Crippen LogP contribution in [0, 0.1) is 17.6 Å². The summed E-state index contributed by atoms with van der Waals surface area (Å²) in [6, 6.07) is 0.848. The molecule has 1 rings (SSSR count). The van der Waals surface area contributed by atoms with Crippen LogP contribution in [0.15, 0.2) is 12.1 Å². The van der Waals surface area contributed by atoms with Gasteiger partial charge in [-0.05, 0) is 12.3 Å². The molecule has 0 saturated heterocycles. The molecule has 1 amide bonds. The van der Waals surface area contributed by atoms with Crippen molar-refractivity contribution in [2.24, 2.45) is 5.92 Å². The van der Waals surface area contributed by atoms with Crippen molar-refractivity contribution >= 4 is 5.91 Å². The number of phenolic OH excluding ortho intramolecular Hbond substituents is 1. The number of rotatable bonds is 5. The van der Waals surface area contributed by atoms with Gasteiger partial charge in [-0.15, -0.1) is 0 Å². The lowest BCUT2D eigenvalue weighted by atomic mass is 10.0. The number of carbonyl (C=O) groups excluding carboxylic acids is 1. The molecule has 0 heterocycles. The zero-order chi connectivity index (χ0) is 14.6. The summed E-state index contributed by atoms with van der Waals surface area (Å²) in [6.07, 6.45) is 0.312. The highest BCUT2D eigenvalue weighted by atomic mass is 19.1. The monoisotopic (exact) mass is 273 g/mol. The van der Waals surface area contributed by atoms with Crippen molar-refractivity contribution in [1.82, 2.24) is 5.32 Å². The molecule has 1 aromatic rings. The number of aliphatic hydroxyl groups excluding tert-OH is 1. The number of halogens is 2. The molecular weight excluding hydrogens is 256 g/mol. The van der Waals surface area contributed by atoms with E-state index in [0.717, 1.165) is 0 Å². The third-order valence-corrected chi connectivity index (χ3v) is 2.82. The van der Waals surface area contributed by atoms with Crippen LogP contribution in [0.25, 0.3) is 0 Å². The van der Waals surface area contributed by atoms with Gasteiger partial charge in [0, 0.05) is 24.8 Å². The summed E-state index contributed by atoms with van der Waals surface area (Å²) in [6.45, 7) is 3.55. The minimum absolute atomic E-state index is 0.0294. The highest BCUT2D eigenvalue weighted by Crippen LogP contribution is 2.22. The summed E-state index contributed by atoms with van der Waals surface area (Å²) in [5.41, 5.74) is -0.593. The Morgan fingerprint density at radius 2 is 2.00 bits per heavy atom. The van der Waals surface area contributed by atoms with E-state index in [0.29, 0.717) is 18.6 Å². The summed E-state index contributed by atoms with van der Waals surface area (Å²) in [4.78, 5) is 11.9. The largest absolute Gasteiger partial charge is 0.507 e. The van der Waals surface area contributed by atoms with Crippen LogP contribution in [0.5, 0.6) is 5.75 Å². The van der Waals surface area contributed by atoms with Crippen molar-refractivity contribution < 1.29 is 23.8 Å². The number of phenols is 1. The second-order valence-electron chi connectivity index (χ2n) is 4.62. The number of nitrogens with one attached hydrogen (secondary N) is 1. The maximum atomic E-state index is 13.5. The topological polar surface area (TPSA) is 69.6 Å². The van der Waals surface area contributed by atoms with Gasteiger partial charge in [0.05, 0.1) is 0 Å². The third-order valence-electron chi connectivity index (χ3n) is 2.82. The van der Waals surface area contributed by atoms with E-state index < -0.39 is 28.9 Å². The Kier molecular flexibility index (Phi) is 5.23. The lowest BCUT2D eigenvalue weighted by molar-refractivity contribution is 0.0909. The van der Waals surface area contributed by atoms with Crippen LogP contribution in [-0.2, 0) is 0 Å². The Morgan fingerprint density at radius 3 is 2.47 bits per heavy atom. The molecule has 1 aromatic carbocycles. The van der Waals surface area contributed by atoms with E-state index in [4.69, 9.17) is 5.11 Å². The number of amides is 1. The lowest BCUT2D eigenvalue weighted by Crippen LogP contribution is -2.39. The third kappa shape index (κ3) is 3.89. The van der Waals surface area contributed by atoms with Crippen molar-refractivity contribution in [3.63, 3.8) is 0 Å². The van der Waals surface area contributed by atoms with Crippen LogP contribution in [0.2, 0.25) is 0 Å². The van der Waals surface area contributed by atoms with Crippen LogP contribution < -0.4 is 5.32 Å². The van der Waals surface area contributed by atoms with Crippen molar-refractivity contribution in [3.8, 4) is 5.75 Å². The van der Waals surface area contributed by atoms with Crippen LogP contribution in [0.1, 0.15) is 30.6 Å². The normalized spacial score (nSPS) is 12.5. The van der Waals surface area contributed by atoms with Crippen molar-refractivity contribution in [1.29, 1.82) is 0 Å². The van der Waals surface area contributed by atoms with Crippen molar-refractivity contribution in [3.05, 3.63) is 29.3 Å². The maximum absolute atomic E-state index is 13.5. The van der Waals surface area contributed by atoms with E-state index in [9.17, 15) is 18.7 Å². The smallest absolute Gasteiger partial charge is 0.258 e. The van der Waals surface area contributed by atoms with E-state index in [1.54, 1.807) is 0 Å². The van der Waals surface area contributed by atoms with E-state index in [1.807, 2.05) is 13.8 Å². The molecule has 4 nitrogen and oxygen atoms in total. The highest BCUT2D eigenvalue weighted by Gasteiger charge is 2.22. The van der Waals surface area contributed by atoms with Crippen LogP contribution in [0.3, 0.4) is 0 Å². The Labute approximate surface area is 110 Å². The van der Waals surface area contributed by atoms with Crippen LogP contribution in [0.4, 0.5) is 8.78 Å². The highest BCUT2D eigenvalue weighted by molar-refractivity contribution is 5.97. The van der Waals surface area contributed by atoms with E-state index in [-0.39, 0.29) is 18.6 Å². The van der Waals surface area contributed by atoms with E-state index in [2.05, 4.69) is 5.32 Å². The predicted octanol–water partition coefficient (Wildman–Crippen LogP) is 1.81. The molecule has 1 atom stereocenters. The van der Waals surface area contributed by atoms with Gasteiger partial charge in [-0.3, -0.25) is 4.79 Å². The number of carbonyl (C=O) groups is 1. The quantitative estimate of drug-likeness (QED) is 0.766. The molecule has 19 heavy (non-hydrogen) atoms. The molecule has 6 heteroatoms. The SMILES string of the molecule is CC(C)C(CCO)NC(=O)c1c(O)cc(F)cc1F. The Morgan fingerprint density at radius 1 is 1.37 bits per heavy atom. The van der Waals surface area contributed by atoms with Crippen molar-refractivity contribution in [2.45, 2.75) is 26.3 Å². The number of hydrogen-bond acceptors (Lipinski definition) is 3. The molecule has 0 aliphatic carbocycles. The number of aliphatic hydroxyl groups is 1. The first kappa shape index (κ1) is 15.4. The second-order valence-corrected chi connectivity index (χ2v) is 4.62. The minimum atomic E-state index is -1.12. The zero-order valence-corrected chi connectivity index (χ0v) is 10.8. The number of benzene rings is 1. The van der Waals surface area contributed by atoms with Gasteiger partial charge in [0.25, 0.3) is 5.91 Å². The molecule has 0 bridgehead atoms. The summed E-state index contributed by atoms with van der Waals surface area (Å²) in [5, 5.41) is 20.8. The molecule has 0 radical (unpaired) electrons. The fraction of sp³-hybridized carbons (Fsp3) is 0.462. The fourth-order valence-corrected chi connectivity index (χ4v) is 1.74. The number of aromatic hydroxyl groups is 1.